The van der Waals surface area contributed by atoms with Crippen molar-refractivity contribution >= 4 is 17.7 Å². The van der Waals surface area contributed by atoms with E-state index >= 15 is 0 Å². The second kappa shape index (κ2) is 7.89. The molecule has 2 heterocycles. The first-order valence-electron chi connectivity index (χ1n) is 9.80. The molecule has 0 radical (unpaired) electrons. The largest absolute Gasteiger partial charge is 0.444 e. The zero-order valence-corrected chi connectivity index (χ0v) is 16.9. The molecule has 2 saturated heterocycles. The Morgan fingerprint density at radius 3 is 2.67 bits per heavy atom. The van der Waals surface area contributed by atoms with E-state index in [2.05, 4.69) is 12.1 Å². The van der Waals surface area contributed by atoms with Crippen molar-refractivity contribution < 1.29 is 14.3 Å². The Kier molecular flexibility index (Phi) is 5.75. The molecule has 27 heavy (non-hydrogen) atoms. The predicted molar refractivity (Wildman–Crippen MR) is 106 cm³/mol. The molecule has 1 aromatic carbocycles. The lowest BCUT2D eigenvalue weighted by Crippen LogP contribution is -2.49. The summed E-state index contributed by atoms with van der Waals surface area (Å²) in [5.41, 5.74) is 1.67. The van der Waals surface area contributed by atoms with E-state index < -0.39 is 5.60 Å². The van der Waals surface area contributed by atoms with Gasteiger partial charge in [0, 0.05) is 37.8 Å². The van der Waals surface area contributed by atoms with Crippen LogP contribution in [-0.2, 0) is 9.53 Å². The third-order valence-corrected chi connectivity index (χ3v) is 5.14. The van der Waals surface area contributed by atoms with E-state index in [4.69, 9.17) is 4.74 Å². The second-order valence-electron chi connectivity index (χ2n) is 8.64. The lowest BCUT2D eigenvalue weighted by molar-refractivity contribution is -0.120. The molecule has 0 spiro atoms. The van der Waals surface area contributed by atoms with Crippen LogP contribution >= 0.6 is 0 Å². The highest BCUT2D eigenvalue weighted by Gasteiger charge is 2.29. The number of hydrogen-bond acceptors (Lipinski definition) is 4. The van der Waals surface area contributed by atoms with Crippen LogP contribution in [0.5, 0.6) is 0 Å². The molecule has 1 atom stereocenters. The Bertz CT molecular complexity index is 698. The van der Waals surface area contributed by atoms with E-state index in [1.165, 1.54) is 5.56 Å². The fourth-order valence-electron chi connectivity index (χ4n) is 3.75. The van der Waals surface area contributed by atoms with E-state index in [0.29, 0.717) is 19.6 Å². The molecule has 1 aromatic rings. The van der Waals surface area contributed by atoms with Crippen molar-refractivity contribution in [2.24, 2.45) is 0 Å². The summed E-state index contributed by atoms with van der Waals surface area (Å²) in [6.45, 7) is 9.13. The fourth-order valence-corrected chi connectivity index (χ4v) is 3.75. The van der Waals surface area contributed by atoms with Crippen LogP contribution in [0.15, 0.2) is 24.3 Å². The number of nitrogens with zero attached hydrogens (tertiary/aromatic N) is 3. The summed E-state index contributed by atoms with van der Waals surface area (Å²) < 4.78 is 5.53. The van der Waals surface area contributed by atoms with Crippen molar-refractivity contribution in [3.8, 4) is 0 Å². The molecule has 2 aliphatic rings. The minimum atomic E-state index is -0.480. The maximum Gasteiger partial charge on any atom is 0.410 e. The predicted octanol–water partition coefficient (Wildman–Crippen LogP) is 3.08. The van der Waals surface area contributed by atoms with Gasteiger partial charge >= 0.3 is 6.09 Å². The molecule has 6 nitrogen and oxygen atoms in total. The van der Waals surface area contributed by atoms with Gasteiger partial charge in [0.15, 0.2) is 0 Å². The summed E-state index contributed by atoms with van der Waals surface area (Å²) in [7, 11) is 1.97. The molecule has 0 N–H and O–H groups in total. The Balaban J connectivity index is 1.71. The highest BCUT2D eigenvalue weighted by molar-refractivity contribution is 5.95. The van der Waals surface area contributed by atoms with Crippen molar-refractivity contribution in [2.75, 3.05) is 44.7 Å². The molecule has 0 bridgehead atoms. The third-order valence-electron chi connectivity index (χ3n) is 5.14. The normalized spacial score (nSPS) is 22.1. The van der Waals surface area contributed by atoms with Crippen LogP contribution in [-0.4, -0.2) is 67.2 Å². The molecular weight excluding hydrogens is 342 g/mol. The van der Waals surface area contributed by atoms with Crippen LogP contribution in [0, 0.1) is 0 Å². The number of piperazine rings is 1. The summed E-state index contributed by atoms with van der Waals surface area (Å²) in [5.74, 6) is 0.411. The van der Waals surface area contributed by atoms with Crippen molar-refractivity contribution in [1.29, 1.82) is 0 Å². The number of carbonyl (C=O) groups is 2. The molecule has 2 amide bonds. The Morgan fingerprint density at radius 2 is 1.96 bits per heavy atom. The number of piperidine rings is 1. The van der Waals surface area contributed by atoms with Gasteiger partial charge in [0.05, 0.1) is 6.54 Å². The van der Waals surface area contributed by atoms with E-state index in [1.54, 1.807) is 0 Å². The molecule has 0 aliphatic carbocycles. The van der Waals surface area contributed by atoms with Gasteiger partial charge in [-0.05, 0) is 58.4 Å². The molecule has 0 saturated carbocycles. The summed E-state index contributed by atoms with van der Waals surface area (Å²) in [5, 5.41) is 0. The van der Waals surface area contributed by atoms with E-state index in [9.17, 15) is 9.59 Å². The first-order chi connectivity index (χ1) is 12.7. The van der Waals surface area contributed by atoms with Crippen molar-refractivity contribution in [3.05, 3.63) is 29.8 Å². The van der Waals surface area contributed by atoms with E-state index in [-0.39, 0.29) is 17.9 Å². The monoisotopic (exact) mass is 373 g/mol. The number of hydrogen-bond donors (Lipinski definition) is 0. The van der Waals surface area contributed by atoms with Crippen LogP contribution in [0.4, 0.5) is 10.5 Å². The summed E-state index contributed by atoms with van der Waals surface area (Å²) in [6.07, 6.45) is 1.76. The average molecular weight is 373 g/mol. The number of rotatable bonds is 2. The highest BCUT2D eigenvalue weighted by atomic mass is 16.6. The van der Waals surface area contributed by atoms with Gasteiger partial charge in [0.1, 0.15) is 5.60 Å². The number of benzene rings is 1. The quantitative estimate of drug-likeness (QED) is 0.799. The van der Waals surface area contributed by atoms with Crippen molar-refractivity contribution in [1.82, 2.24) is 9.80 Å². The van der Waals surface area contributed by atoms with Gasteiger partial charge in [-0.2, -0.15) is 0 Å². The lowest BCUT2D eigenvalue weighted by Gasteiger charge is -2.35. The number of carbonyl (C=O) groups excluding carboxylic acids is 2. The molecular formula is C21H31N3O3. The molecule has 1 unspecified atom stereocenters. The average Bonchev–Trinajstić information content (AvgIpc) is 2.60. The van der Waals surface area contributed by atoms with Crippen LogP contribution in [0.2, 0.25) is 0 Å². The van der Waals surface area contributed by atoms with Gasteiger partial charge in [-0.1, -0.05) is 12.1 Å². The smallest absolute Gasteiger partial charge is 0.410 e. The number of likely N-dealkylation sites (tertiary alicyclic amines) is 1. The number of likely N-dealkylation sites (N-methyl/N-ethyl adjacent to an activating group) is 1. The summed E-state index contributed by atoms with van der Waals surface area (Å²) in [6, 6.07) is 8.24. The minimum absolute atomic E-state index is 0.139. The van der Waals surface area contributed by atoms with Gasteiger partial charge in [-0.3, -0.25) is 9.69 Å². The summed E-state index contributed by atoms with van der Waals surface area (Å²) >= 11 is 0. The van der Waals surface area contributed by atoms with Crippen molar-refractivity contribution in [2.45, 2.75) is 45.1 Å². The van der Waals surface area contributed by atoms with Gasteiger partial charge in [0.25, 0.3) is 0 Å². The topological polar surface area (TPSA) is 53.1 Å². The van der Waals surface area contributed by atoms with Crippen LogP contribution in [0.25, 0.3) is 0 Å². The van der Waals surface area contributed by atoms with Crippen LogP contribution < -0.4 is 4.90 Å². The second-order valence-corrected chi connectivity index (χ2v) is 8.64. The standard InChI is InChI=1S/C21H31N3O3/c1-21(2,3)27-20(26)23-10-6-8-17(14-23)16-7-5-9-18(13-16)24-12-11-22(4)15-19(24)25/h5,7,9,13,17H,6,8,10-12,14-15H2,1-4H3. The SMILES string of the molecule is CN1CCN(c2cccc(C3CCCN(C(=O)OC(C)(C)C)C3)c2)C(=O)C1. The molecule has 0 aromatic heterocycles. The summed E-state index contributed by atoms with van der Waals surface area (Å²) in [4.78, 5) is 30.5. The van der Waals surface area contributed by atoms with Gasteiger partial charge in [-0.25, -0.2) is 4.79 Å². The minimum Gasteiger partial charge on any atom is -0.444 e. The highest BCUT2D eigenvalue weighted by Crippen LogP contribution is 2.30. The maximum absolute atomic E-state index is 12.4. The molecule has 3 rings (SSSR count). The van der Waals surface area contributed by atoms with Gasteiger partial charge in [-0.15, -0.1) is 0 Å². The van der Waals surface area contributed by atoms with Gasteiger partial charge < -0.3 is 14.5 Å². The molecule has 6 heteroatoms. The Labute approximate surface area is 162 Å². The first-order valence-corrected chi connectivity index (χ1v) is 9.80. The first kappa shape index (κ1) is 19.7. The van der Waals surface area contributed by atoms with Crippen molar-refractivity contribution in [3.63, 3.8) is 0 Å². The van der Waals surface area contributed by atoms with Crippen LogP contribution in [0.3, 0.4) is 0 Å². The van der Waals surface area contributed by atoms with Gasteiger partial charge in [0.2, 0.25) is 5.91 Å². The zero-order chi connectivity index (χ0) is 19.6. The lowest BCUT2D eigenvalue weighted by atomic mass is 9.90. The fraction of sp³-hybridized carbons (Fsp3) is 0.619. The maximum atomic E-state index is 12.4. The molecule has 2 fully saturated rings. The number of anilines is 1. The Morgan fingerprint density at radius 1 is 1.19 bits per heavy atom. The molecule has 2 aliphatic heterocycles. The number of ether oxygens (including phenoxy) is 1. The zero-order valence-electron chi connectivity index (χ0n) is 16.9. The Hall–Kier alpha value is -2.08. The number of amides is 2. The third kappa shape index (κ3) is 5.01. The van der Waals surface area contributed by atoms with E-state index in [0.717, 1.165) is 31.6 Å². The van der Waals surface area contributed by atoms with E-state index in [1.807, 2.05) is 54.7 Å². The van der Waals surface area contributed by atoms with Crippen LogP contribution in [0.1, 0.15) is 45.1 Å². The molecule has 148 valence electrons.